The summed E-state index contributed by atoms with van der Waals surface area (Å²) in [6.45, 7) is 11.6. The maximum Gasteiger partial charge on any atom is 0.308 e. The van der Waals surface area contributed by atoms with Gasteiger partial charge >= 0.3 is 5.82 Å². The molecule has 0 amide bonds. The van der Waals surface area contributed by atoms with E-state index in [1.807, 2.05) is 62.4 Å². The first-order valence-corrected chi connectivity index (χ1v) is 10.0. The smallest absolute Gasteiger partial charge is 0.308 e. The normalized spacial score (nSPS) is 11.2. The van der Waals surface area contributed by atoms with Crippen LogP contribution in [0.15, 0.2) is 59.7 Å². The molecule has 0 unspecified atom stereocenters. The average Bonchev–Trinajstić information content (AvgIpc) is 3.14. The number of fused-ring (bicyclic) bond motifs is 2. The predicted octanol–water partition coefficient (Wildman–Crippen LogP) is 3.93. The van der Waals surface area contributed by atoms with Crippen LogP contribution >= 0.6 is 0 Å². The van der Waals surface area contributed by atoms with Crippen LogP contribution < -0.4 is 11.3 Å². The van der Waals surface area contributed by atoms with E-state index in [9.17, 15) is 4.79 Å². The van der Waals surface area contributed by atoms with Gasteiger partial charge in [-0.2, -0.15) is 4.68 Å². The molecule has 5 aromatic rings. The van der Waals surface area contributed by atoms with Crippen LogP contribution in [0.5, 0.6) is 0 Å². The first-order chi connectivity index (χ1) is 15.5. The number of aryl methyl sites for hydroxylation is 2. The summed E-state index contributed by atoms with van der Waals surface area (Å²) in [4.78, 5) is 25.5. The minimum absolute atomic E-state index is 0.0964. The molecule has 8 nitrogen and oxygen atoms in total. The molecule has 0 atom stereocenters. The van der Waals surface area contributed by atoms with E-state index in [0.29, 0.717) is 16.4 Å². The second-order valence-corrected chi connectivity index (χ2v) is 7.65. The first kappa shape index (κ1) is 19.5. The van der Waals surface area contributed by atoms with Crippen LogP contribution in [0, 0.1) is 20.4 Å². The Kier molecular flexibility index (Phi) is 4.45. The van der Waals surface area contributed by atoms with Gasteiger partial charge in [0.25, 0.3) is 5.56 Å². The minimum atomic E-state index is -0.0964. The van der Waals surface area contributed by atoms with Gasteiger partial charge in [0.15, 0.2) is 5.65 Å². The van der Waals surface area contributed by atoms with Crippen LogP contribution in [-0.4, -0.2) is 24.3 Å². The van der Waals surface area contributed by atoms with E-state index in [1.165, 1.54) is 6.33 Å². The second-order valence-electron chi connectivity index (χ2n) is 7.65. The van der Waals surface area contributed by atoms with Gasteiger partial charge in [-0.1, -0.05) is 43.0 Å². The van der Waals surface area contributed by atoms with Crippen LogP contribution in [0.2, 0.25) is 0 Å². The summed E-state index contributed by atoms with van der Waals surface area (Å²) >= 11 is 0. The number of benzene rings is 2. The quantitative estimate of drug-likeness (QED) is 0.445. The van der Waals surface area contributed by atoms with Gasteiger partial charge in [-0.05, 0) is 47.6 Å². The molecule has 0 aliphatic carbocycles. The maximum absolute atomic E-state index is 13.7. The SMILES string of the molecule is [C-]#[N+]c1nn(Cc2cc3cccc(C)c3c(=O)n2-c2ccccc2C)c2ncnc(N)c12. The molecule has 8 heteroatoms. The third kappa shape index (κ3) is 2.91. The number of aromatic nitrogens is 5. The van der Waals surface area contributed by atoms with Crippen LogP contribution in [0.3, 0.4) is 0 Å². The van der Waals surface area contributed by atoms with Crippen molar-refractivity contribution < 1.29 is 0 Å². The zero-order chi connectivity index (χ0) is 22.4. The number of anilines is 1. The van der Waals surface area contributed by atoms with Gasteiger partial charge in [0.05, 0.1) is 22.2 Å². The van der Waals surface area contributed by atoms with Gasteiger partial charge in [-0.3, -0.25) is 9.36 Å². The van der Waals surface area contributed by atoms with E-state index < -0.39 is 0 Å². The van der Waals surface area contributed by atoms with Gasteiger partial charge in [0.2, 0.25) is 0 Å². The molecule has 2 aromatic carbocycles. The van der Waals surface area contributed by atoms with Gasteiger partial charge in [0, 0.05) is 0 Å². The van der Waals surface area contributed by atoms with Crippen molar-refractivity contribution >= 4 is 33.4 Å². The highest BCUT2D eigenvalue weighted by molar-refractivity contribution is 5.96. The fourth-order valence-electron chi connectivity index (χ4n) is 4.14. The number of nitrogen functional groups attached to an aromatic ring is 1. The number of pyridine rings is 1. The number of nitrogens with two attached hydrogens (primary N) is 1. The van der Waals surface area contributed by atoms with Crippen LogP contribution in [-0.2, 0) is 6.54 Å². The summed E-state index contributed by atoms with van der Waals surface area (Å²) < 4.78 is 3.33. The lowest BCUT2D eigenvalue weighted by Crippen LogP contribution is -2.25. The molecule has 32 heavy (non-hydrogen) atoms. The molecule has 5 rings (SSSR count). The Morgan fingerprint density at radius 1 is 1.03 bits per heavy atom. The topological polar surface area (TPSA) is 96.0 Å². The third-order valence-corrected chi connectivity index (χ3v) is 5.65. The van der Waals surface area contributed by atoms with Gasteiger partial charge in [0.1, 0.15) is 18.7 Å². The van der Waals surface area contributed by atoms with Crippen molar-refractivity contribution in [1.29, 1.82) is 0 Å². The fraction of sp³-hybridized carbons (Fsp3) is 0.125. The summed E-state index contributed by atoms with van der Waals surface area (Å²) in [5.74, 6) is 0.345. The summed E-state index contributed by atoms with van der Waals surface area (Å²) in [5.41, 5.74) is 9.77. The molecule has 0 aliphatic heterocycles. The van der Waals surface area contributed by atoms with E-state index >= 15 is 0 Å². The molecule has 0 radical (unpaired) electrons. The maximum atomic E-state index is 13.7. The fourth-order valence-corrected chi connectivity index (χ4v) is 4.14. The van der Waals surface area contributed by atoms with E-state index in [-0.39, 0.29) is 23.7 Å². The molecule has 0 saturated heterocycles. The van der Waals surface area contributed by atoms with Crippen molar-refractivity contribution in [3.05, 3.63) is 93.5 Å². The monoisotopic (exact) mass is 421 g/mol. The van der Waals surface area contributed by atoms with Gasteiger partial charge in [-0.25, -0.2) is 9.97 Å². The summed E-state index contributed by atoms with van der Waals surface area (Å²) in [6, 6.07) is 15.6. The minimum Gasteiger partial charge on any atom is -0.384 e. The highest BCUT2D eigenvalue weighted by Crippen LogP contribution is 2.29. The van der Waals surface area contributed by atoms with Crippen molar-refractivity contribution in [2.45, 2.75) is 20.4 Å². The van der Waals surface area contributed by atoms with Gasteiger partial charge < -0.3 is 10.6 Å². The molecule has 3 aromatic heterocycles. The van der Waals surface area contributed by atoms with Crippen molar-refractivity contribution in [2.75, 3.05) is 5.73 Å². The summed E-state index contributed by atoms with van der Waals surface area (Å²) in [7, 11) is 0. The molecule has 0 spiro atoms. The second kappa shape index (κ2) is 7.32. The lowest BCUT2D eigenvalue weighted by molar-refractivity contribution is 0.673. The number of hydrogen-bond donors (Lipinski definition) is 1. The van der Waals surface area contributed by atoms with Crippen LogP contribution in [0.25, 0.3) is 32.3 Å². The Balaban J connectivity index is 1.82. The number of nitrogens with zero attached hydrogens (tertiary/aromatic N) is 6. The van der Waals surface area contributed by atoms with Crippen LogP contribution in [0.1, 0.15) is 16.8 Å². The predicted molar refractivity (Wildman–Crippen MR) is 124 cm³/mol. The molecule has 0 aliphatic rings. The van der Waals surface area contributed by atoms with E-state index in [1.54, 1.807) is 9.25 Å². The zero-order valence-electron chi connectivity index (χ0n) is 17.6. The van der Waals surface area contributed by atoms with Crippen molar-refractivity contribution in [3.8, 4) is 5.69 Å². The molecule has 2 N–H and O–H groups in total. The van der Waals surface area contributed by atoms with E-state index in [4.69, 9.17) is 12.3 Å². The van der Waals surface area contributed by atoms with Crippen molar-refractivity contribution in [1.82, 2.24) is 24.3 Å². The van der Waals surface area contributed by atoms with E-state index in [2.05, 4.69) is 19.9 Å². The van der Waals surface area contributed by atoms with Crippen LogP contribution in [0.4, 0.5) is 11.6 Å². The Hall–Kier alpha value is -4.51. The molecular formula is C24H19N7O. The van der Waals surface area contributed by atoms with Gasteiger partial charge in [-0.15, -0.1) is 0 Å². The standard InChI is InChI=1S/C24H19N7O/c1-14-7-4-5-10-18(14)31-17(11-16-9-6-8-15(2)19(16)24(31)32)12-30-23-20(22(26-3)29-30)21(25)27-13-28-23/h4-11,13H,12H2,1-2H3,(H2,25,27,28). The Morgan fingerprint density at radius 3 is 2.59 bits per heavy atom. The van der Waals surface area contributed by atoms with E-state index in [0.717, 1.165) is 27.9 Å². The zero-order valence-corrected chi connectivity index (χ0v) is 17.6. The first-order valence-electron chi connectivity index (χ1n) is 10.0. The number of hydrogen-bond acceptors (Lipinski definition) is 5. The molecule has 0 bridgehead atoms. The molecule has 3 heterocycles. The Labute approximate surface area is 183 Å². The summed E-state index contributed by atoms with van der Waals surface area (Å²) in [5, 5.41) is 6.36. The molecule has 156 valence electrons. The Bertz CT molecular complexity index is 1620. The van der Waals surface area contributed by atoms with Crippen molar-refractivity contribution in [2.24, 2.45) is 0 Å². The average molecular weight is 421 g/mol. The highest BCUT2D eigenvalue weighted by atomic mass is 16.1. The van der Waals surface area contributed by atoms with Crippen molar-refractivity contribution in [3.63, 3.8) is 0 Å². The molecule has 0 fully saturated rings. The number of rotatable bonds is 3. The number of para-hydroxylation sites is 1. The largest absolute Gasteiger partial charge is 0.384 e. The molecular weight excluding hydrogens is 402 g/mol. The summed E-state index contributed by atoms with van der Waals surface area (Å²) in [6.07, 6.45) is 1.35. The lowest BCUT2D eigenvalue weighted by atomic mass is 10.1. The lowest BCUT2D eigenvalue weighted by Gasteiger charge is -2.17. The Morgan fingerprint density at radius 2 is 1.81 bits per heavy atom. The third-order valence-electron chi connectivity index (χ3n) is 5.65. The highest BCUT2D eigenvalue weighted by Gasteiger charge is 2.20. The molecule has 0 saturated carbocycles.